The van der Waals surface area contributed by atoms with E-state index >= 15 is 0 Å². The lowest BCUT2D eigenvalue weighted by Crippen LogP contribution is -2.23. The van der Waals surface area contributed by atoms with Gasteiger partial charge in [0, 0.05) is 42.7 Å². The van der Waals surface area contributed by atoms with Gasteiger partial charge in [0.25, 0.3) is 5.69 Å². The van der Waals surface area contributed by atoms with E-state index in [0.29, 0.717) is 24.4 Å². The van der Waals surface area contributed by atoms with Crippen LogP contribution in [-0.2, 0) is 11.2 Å². The molecule has 3 rings (SSSR count). The van der Waals surface area contributed by atoms with E-state index in [-0.39, 0.29) is 11.6 Å². The van der Waals surface area contributed by atoms with Crippen LogP contribution in [0.4, 0.5) is 5.69 Å². The summed E-state index contributed by atoms with van der Waals surface area (Å²) in [6.07, 6.45) is 7.14. The normalized spacial score (nSPS) is 10.7. The highest BCUT2D eigenvalue weighted by molar-refractivity contribution is 5.91. The molecule has 0 aliphatic rings. The van der Waals surface area contributed by atoms with Gasteiger partial charge >= 0.3 is 0 Å². The molecule has 7 nitrogen and oxygen atoms in total. The van der Waals surface area contributed by atoms with Crippen molar-refractivity contribution in [3.8, 4) is 11.4 Å². The van der Waals surface area contributed by atoms with Crippen LogP contribution in [0.2, 0.25) is 0 Å². The average molecular weight is 374 g/mol. The van der Waals surface area contributed by atoms with Crippen LogP contribution in [0.3, 0.4) is 0 Å². The first-order valence-electron chi connectivity index (χ1n) is 8.68. The van der Waals surface area contributed by atoms with E-state index in [1.165, 1.54) is 18.2 Å². The molecule has 1 N–H and O–H groups in total. The summed E-state index contributed by atoms with van der Waals surface area (Å²) in [4.78, 5) is 30.8. The van der Waals surface area contributed by atoms with Crippen LogP contribution < -0.4 is 5.32 Å². The number of non-ortho nitro benzene ring substituents is 1. The smallest absolute Gasteiger partial charge is 0.269 e. The van der Waals surface area contributed by atoms with Crippen molar-refractivity contribution in [1.82, 2.24) is 15.3 Å². The van der Waals surface area contributed by atoms with Gasteiger partial charge in [-0.3, -0.25) is 14.9 Å². The number of nitro benzene ring substituents is 1. The second-order valence-electron chi connectivity index (χ2n) is 6.00. The fraction of sp³-hybridized carbons (Fsp3) is 0.0952. The Bertz CT molecular complexity index is 969. The molecule has 7 heteroatoms. The molecule has 1 amide bonds. The highest BCUT2D eigenvalue weighted by atomic mass is 16.6. The Balaban J connectivity index is 1.46. The van der Waals surface area contributed by atoms with Gasteiger partial charge in [0.1, 0.15) is 0 Å². The monoisotopic (exact) mass is 374 g/mol. The van der Waals surface area contributed by atoms with E-state index in [0.717, 1.165) is 11.1 Å². The Morgan fingerprint density at radius 3 is 2.36 bits per heavy atom. The van der Waals surface area contributed by atoms with Gasteiger partial charge in [0.15, 0.2) is 5.82 Å². The first-order valence-corrected chi connectivity index (χ1v) is 8.68. The molecule has 0 radical (unpaired) electrons. The first-order chi connectivity index (χ1) is 13.6. The van der Waals surface area contributed by atoms with E-state index in [2.05, 4.69) is 15.3 Å². The molecule has 0 saturated carbocycles. The summed E-state index contributed by atoms with van der Waals surface area (Å²) in [5, 5.41) is 13.4. The molecule has 28 heavy (non-hydrogen) atoms. The molecule has 3 aromatic rings. The molecule has 0 saturated heterocycles. The number of carbonyl (C=O) groups is 1. The van der Waals surface area contributed by atoms with Crippen molar-refractivity contribution in [3.05, 3.63) is 94.3 Å². The average Bonchev–Trinajstić information content (AvgIpc) is 2.74. The van der Waals surface area contributed by atoms with Crippen molar-refractivity contribution < 1.29 is 9.72 Å². The zero-order valence-corrected chi connectivity index (χ0v) is 15.0. The molecule has 0 bridgehead atoms. The van der Waals surface area contributed by atoms with Gasteiger partial charge in [-0.2, -0.15) is 0 Å². The van der Waals surface area contributed by atoms with Crippen molar-refractivity contribution in [2.45, 2.75) is 6.42 Å². The summed E-state index contributed by atoms with van der Waals surface area (Å²) in [5.41, 5.74) is 2.62. The molecular weight excluding hydrogens is 356 g/mol. The summed E-state index contributed by atoms with van der Waals surface area (Å²) in [7, 11) is 0. The molecule has 0 unspecified atom stereocenters. The SMILES string of the molecule is O=C(C=Cc1ccc([N+](=O)[O-])cc1)NCCc1cnc(-c2ccccc2)nc1. The van der Waals surface area contributed by atoms with Crippen LogP contribution in [0.15, 0.2) is 73.1 Å². The molecule has 0 aliphatic heterocycles. The standard InChI is InChI=1S/C21H18N4O3/c26-20(11-8-16-6-9-19(10-7-16)25(27)28)22-13-12-17-14-23-21(24-15-17)18-4-2-1-3-5-18/h1-11,14-15H,12-13H2,(H,22,26). The minimum Gasteiger partial charge on any atom is -0.352 e. The van der Waals surface area contributed by atoms with Crippen molar-refractivity contribution >= 4 is 17.7 Å². The number of aromatic nitrogens is 2. The summed E-state index contributed by atoms with van der Waals surface area (Å²) in [6, 6.07) is 15.7. The van der Waals surface area contributed by atoms with Crippen molar-refractivity contribution in [1.29, 1.82) is 0 Å². The third-order valence-electron chi connectivity index (χ3n) is 3.98. The molecule has 140 valence electrons. The number of amides is 1. The number of hydrogen-bond acceptors (Lipinski definition) is 5. The molecule has 0 atom stereocenters. The van der Waals surface area contributed by atoms with Gasteiger partial charge in [0.2, 0.25) is 5.91 Å². The Morgan fingerprint density at radius 2 is 1.71 bits per heavy atom. The van der Waals surface area contributed by atoms with Gasteiger partial charge in [-0.15, -0.1) is 0 Å². The molecule has 1 aromatic heterocycles. The van der Waals surface area contributed by atoms with Crippen LogP contribution >= 0.6 is 0 Å². The molecule has 1 heterocycles. The molecule has 0 fully saturated rings. The Hall–Kier alpha value is -3.87. The number of nitrogens with one attached hydrogen (secondary N) is 1. The zero-order chi connectivity index (χ0) is 19.8. The second kappa shape index (κ2) is 9.18. The Labute approximate surface area is 161 Å². The molecule has 0 aliphatic carbocycles. The van der Waals surface area contributed by atoms with Gasteiger partial charge in [-0.1, -0.05) is 30.3 Å². The van der Waals surface area contributed by atoms with Gasteiger partial charge in [-0.05, 0) is 35.8 Å². The van der Waals surface area contributed by atoms with Crippen molar-refractivity contribution in [2.24, 2.45) is 0 Å². The summed E-state index contributed by atoms with van der Waals surface area (Å²) >= 11 is 0. The lowest BCUT2D eigenvalue weighted by molar-refractivity contribution is -0.384. The molecule has 0 spiro atoms. The Morgan fingerprint density at radius 1 is 1.04 bits per heavy atom. The predicted molar refractivity (Wildman–Crippen MR) is 106 cm³/mol. The lowest BCUT2D eigenvalue weighted by Gasteiger charge is -2.04. The lowest BCUT2D eigenvalue weighted by atomic mass is 10.2. The van der Waals surface area contributed by atoms with E-state index < -0.39 is 4.92 Å². The van der Waals surface area contributed by atoms with Crippen LogP contribution in [0, 0.1) is 10.1 Å². The van der Waals surface area contributed by atoms with E-state index in [1.807, 2.05) is 30.3 Å². The third kappa shape index (κ3) is 5.31. The second-order valence-corrected chi connectivity index (χ2v) is 6.00. The van der Waals surface area contributed by atoms with E-state index in [1.54, 1.807) is 30.6 Å². The molecule has 2 aromatic carbocycles. The summed E-state index contributed by atoms with van der Waals surface area (Å²) in [6.45, 7) is 0.456. The predicted octanol–water partition coefficient (Wildman–Crippen LogP) is 3.42. The number of rotatable bonds is 7. The number of nitrogens with zero attached hydrogens (tertiary/aromatic N) is 3. The number of carbonyl (C=O) groups excluding carboxylic acids is 1. The zero-order valence-electron chi connectivity index (χ0n) is 15.0. The van der Waals surface area contributed by atoms with Crippen LogP contribution in [0.25, 0.3) is 17.5 Å². The maximum Gasteiger partial charge on any atom is 0.269 e. The minimum atomic E-state index is -0.462. The van der Waals surface area contributed by atoms with Crippen molar-refractivity contribution in [3.63, 3.8) is 0 Å². The number of nitro groups is 1. The highest BCUT2D eigenvalue weighted by Gasteiger charge is 2.03. The maximum atomic E-state index is 11.9. The number of benzene rings is 2. The van der Waals surface area contributed by atoms with Crippen LogP contribution in [-0.4, -0.2) is 27.3 Å². The van der Waals surface area contributed by atoms with Crippen LogP contribution in [0.5, 0.6) is 0 Å². The van der Waals surface area contributed by atoms with Gasteiger partial charge in [0.05, 0.1) is 4.92 Å². The van der Waals surface area contributed by atoms with Crippen molar-refractivity contribution in [2.75, 3.05) is 6.54 Å². The van der Waals surface area contributed by atoms with Gasteiger partial charge < -0.3 is 5.32 Å². The topological polar surface area (TPSA) is 98.0 Å². The minimum absolute atomic E-state index is 0.0158. The molecular formula is C21H18N4O3. The van der Waals surface area contributed by atoms with E-state index in [9.17, 15) is 14.9 Å². The van der Waals surface area contributed by atoms with Gasteiger partial charge in [-0.25, -0.2) is 9.97 Å². The third-order valence-corrected chi connectivity index (χ3v) is 3.98. The first kappa shape index (κ1) is 18.9. The number of hydrogen-bond donors (Lipinski definition) is 1. The maximum absolute atomic E-state index is 11.9. The Kier molecular flexibility index (Phi) is 6.20. The summed E-state index contributed by atoms with van der Waals surface area (Å²) in [5.74, 6) is 0.430. The largest absolute Gasteiger partial charge is 0.352 e. The fourth-order valence-corrected chi connectivity index (χ4v) is 2.49. The van der Waals surface area contributed by atoms with E-state index in [4.69, 9.17) is 0 Å². The van der Waals surface area contributed by atoms with Crippen LogP contribution in [0.1, 0.15) is 11.1 Å². The quantitative estimate of drug-likeness (QED) is 0.388. The highest BCUT2D eigenvalue weighted by Crippen LogP contribution is 2.14. The fourth-order valence-electron chi connectivity index (χ4n) is 2.49. The summed E-state index contributed by atoms with van der Waals surface area (Å²) < 4.78 is 0.